The molecule has 0 spiro atoms. The van der Waals surface area contributed by atoms with Crippen LogP contribution in [0.3, 0.4) is 0 Å². The third-order valence-electron chi connectivity index (χ3n) is 1.82. The van der Waals surface area contributed by atoms with Crippen LogP contribution in [0.5, 0.6) is 0 Å². The number of esters is 1. The van der Waals surface area contributed by atoms with Gasteiger partial charge in [0.15, 0.2) is 0 Å². The Morgan fingerprint density at radius 1 is 1.47 bits per heavy atom. The Bertz CT molecular complexity index is 437. The molecule has 0 aromatic heterocycles. The van der Waals surface area contributed by atoms with Gasteiger partial charge in [-0.1, -0.05) is 11.6 Å². The van der Waals surface area contributed by atoms with Gasteiger partial charge in [-0.3, -0.25) is 9.59 Å². The molecule has 1 aromatic rings. The van der Waals surface area contributed by atoms with Gasteiger partial charge in [0.1, 0.15) is 12.2 Å². The predicted molar refractivity (Wildman–Crippen MR) is 61.3 cm³/mol. The number of hydrogen-bond acceptors (Lipinski definition) is 3. The number of amides is 1. The Kier molecular flexibility index (Phi) is 4.90. The van der Waals surface area contributed by atoms with Crippen LogP contribution in [0.15, 0.2) is 18.2 Å². The molecule has 0 aliphatic rings. The van der Waals surface area contributed by atoms with Crippen molar-refractivity contribution < 1.29 is 18.7 Å². The molecule has 0 fully saturated rings. The van der Waals surface area contributed by atoms with E-state index in [0.29, 0.717) is 0 Å². The number of nitrogens with one attached hydrogen (secondary N) is 1. The molecular weight excluding hydrogens is 249 g/mol. The number of carbonyl (C=O) groups is 2. The lowest BCUT2D eigenvalue weighted by Crippen LogP contribution is -2.18. The Morgan fingerprint density at radius 3 is 2.76 bits per heavy atom. The third-order valence-corrected chi connectivity index (χ3v) is 2.13. The maximum Gasteiger partial charge on any atom is 0.315 e. The van der Waals surface area contributed by atoms with Gasteiger partial charge in [-0.2, -0.15) is 0 Å². The molecule has 1 rings (SSSR count). The number of hydrogen-bond donors (Lipinski definition) is 1. The van der Waals surface area contributed by atoms with Crippen LogP contribution in [0.2, 0.25) is 5.02 Å². The molecule has 6 heteroatoms. The standard InChI is InChI=1S/C11H11ClFNO3/c1-2-17-11(16)6-10(15)14-9-4-3-7(13)5-8(9)12/h3-5H,2,6H2,1H3,(H,14,15). The van der Waals surface area contributed by atoms with Crippen LogP contribution in [0.25, 0.3) is 0 Å². The van der Waals surface area contributed by atoms with Crippen molar-refractivity contribution in [2.24, 2.45) is 0 Å². The Balaban J connectivity index is 2.59. The Hall–Kier alpha value is -1.62. The van der Waals surface area contributed by atoms with Crippen LogP contribution in [-0.4, -0.2) is 18.5 Å². The zero-order valence-corrected chi connectivity index (χ0v) is 9.88. The summed E-state index contributed by atoms with van der Waals surface area (Å²) in [4.78, 5) is 22.4. The van der Waals surface area contributed by atoms with Gasteiger partial charge in [-0.25, -0.2) is 4.39 Å². The van der Waals surface area contributed by atoms with Crippen molar-refractivity contribution >= 4 is 29.2 Å². The summed E-state index contributed by atoms with van der Waals surface area (Å²) in [6.45, 7) is 1.86. The van der Waals surface area contributed by atoms with E-state index in [0.717, 1.165) is 12.1 Å². The van der Waals surface area contributed by atoms with Gasteiger partial charge in [-0.15, -0.1) is 0 Å². The number of ether oxygens (including phenoxy) is 1. The first-order valence-corrected chi connectivity index (χ1v) is 5.31. The van der Waals surface area contributed by atoms with E-state index in [-0.39, 0.29) is 17.3 Å². The molecule has 0 aliphatic heterocycles. The van der Waals surface area contributed by atoms with Crippen LogP contribution >= 0.6 is 11.6 Å². The van der Waals surface area contributed by atoms with Crippen LogP contribution < -0.4 is 5.32 Å². The summed E-state index contributed by atoms with van der Waals surface area (Å²) in [5.74, 6) is -1.68. The summed E-state index contributed by atoms with van der Waals surface area (Å²) in [5.41, 5.74) is 0.252. The number of carbonyl (C=O) groups excluding carboxylic acids is 2. The monoisotopic (exact) mass is 259 g/mol. The first-order chi connectivity index (χ1) is 8.02. The van der Waals surface area contributed by atoms with E-state index in [1.54, 1.807) is 6.92 Å². The van der Waals surface area contributed by atoms with E-state index < -0.39 is 24.1 Å². The molecule has 0 atom stereocenters. The summed E-state index contributed by atoms with van der Waals surface area (Å²) in [7, 11) is 0. The molecule has 4 nitrogen and oxygen atoms in total. The fourth-order valence-corrected chi connectivity index (χ4v) is 1.34. The van der Waals surface area contributed by atoms with Gasteiger partial charge < -0.3 is 10.1 Å². The van der Waals surface area contributed by atoms with Crippen molar-refractivity contribution in [1.82, 2.24) is 0 Å². The van der Waals surface area contributed by atoms with Crippen LogP contribution in [0.4, 0.5) is 10.1 Å². The molecule has 1 amide bonds. The summed E-state index contributed by atoms with van der Waals surface area (Å²) in [6, 6.07) is 3.55. The zero-order chi connectivity index (χ0) is 12.8. The largest absolute Gasteiger partial charge is 0.466 e. The van der Waals surface area contributed by atoms with Crippen molar-refractivity contribution in [3.63, 3.8) is 0 Å². The van der Waals surface area contributed by atoms with Crippen molar-refractivity contribution in [2.75, 3.05) is 11.9 Å². The lowest BCUT2D eigenvalue weighted by molar-refractivity contribution is -0.145. The summed E-state index contributed by atoms with van der Waals surface area (Å²) < 4.78 is 17.3. The van der Waals surface area contributed by atoms with E-state index >= 15 is 0 Å². The average Bonchev–Trinajstić information content (AvgIpc) is 2.22. The fourth-order valence-electron chi connectivity index (χ4n) is 1.13. The number of rotatable bonds is 4. The van der Waals surface area contributed by atoms with E-state index in [1.807, 2.05) is 0 Å². The van der Waals surface area contributed by atoms with Gasteiger partial charge in [-0.05, 0) is 25.1 Å². The fraction of sp³-hybridized carbons (Fsp3) is 0.273. The van der Waals surface area contributed by atoms with E-state index in [2.05, 4.69) is 10.1 Å². The van der Waals surface area contributed by atoms with Crippen LogP contribution in [0, 0.1) is 5.82 Å². The molecule has 1 N–H and O–H groups in total. The summed E-state index contributed by atoms with van der Waals surface area (Å²) in [5, 5.41) is 2.46. The molecule has 0 saturated heterocycles. The molecule has 0 unspecified atom stereocenters. The second kappa shape index (κ2) is 6.20. The van der Waals surface area contributed by atoms with E-state index in [4.69, 9.17) is 11.6 Å². The number of halogens is 2. The smallest absolute Gasteiger partial charge is 0.315 e. The summed E-state index contributed by atoms with van der Waals surface area (Å²) in [6.07, 6.45) is -0.401. The topological polar surface area (TPSA) is 55.4 Å². The molecule has 0 bridgehead atoms. The molecule has 0 aliphatic carbocycles. The third kappa shape index (κ3) is 4.40. The van der Waals surface area contributed by atoms with Crippen LogP contribution in [-0.2, 0) is 14.3 Å². The molecular formula is C11H11ClFNO3. The molecule has 1 aromatic carbocycles. The second-order valence-electron chi connectivity index (χ2n) is 3.15. The normalized spacial score (nSPS) is 9.82. The molecule has 17 heavy (non-hydrogen) atoms. The maximum atomic E-state index is 12.7. The molecule has 0 saturated carbocycles. The zero-order valence-electron chi connectivity index (χ0n) is 9.13. The first kappa shape index (κ1) is 13.4. The highest BCUT2D eigenvalue weighted by Crippen LogP contribution is 2.22. The average molecular weight is 260 g/mol. The quantitative estimate of drug-likeness (QED) is 0.667. The van der Waals surface area contributed by atoms with Gasteiger partial charge in [0.05, 0.1) is 17.3 Å². The summed E-state index contributed by atoms with van der Waals surface area (Å²) >= 11 is 5.70. The molecule has 0 heterocycles. The minimum atomic E-state index is -0.622. The highest BCUT2D eigenvalue weighted by Gasteiger charge is 2.12. The maximum absolute atomic E-state index is 12.7. The van der Waals surface area contributed by atoms with Crippen molar-refractivity contribution in [1.29, 1.82) is 0 Å². The lowest BCUT2D eigenvalue weighted by atomic mass is 10.3. The minimum absolute atomic E-state index is 0.0715. The van der Waals surface area contributed by atoms with Gasteiger partial charge in [0.2, 0.25) is 5.91 Å². The highest BCUT2D eigenvalue weighted by molar-refractivity contribution is 6.33. The molecule has 92 valence electrons. The van der Waals surface area contributed by atoms with Crippen molar-refractivity contribution in [3.05, 3.63) is 29.0 Å². The van der Waals surface area contributed by atoms with Gasteiger partial charge in [0.25, 0.3) is 0 Å². The lowest BCUT2D eigenvalue weighted by Gasteiger charge is -2.06. The second-order valence-corrected chi connectivity index (χ2v) is 3.56. The van der Waals surface area contributed by atoms with Crippen molar-refractivity contribution in [2.45, 2.75) is 13.3 Å². The Morgan fingerprint density at radius 2 is 2.18 bits per heavy atom. The minimum Gasteiger partial charge on any atom is -0.466 e. The van der Waals surface area contributed by atoms with Gasteiger partial charge in [0, 0.05) is 0 Å². The number of anilines is 1. The molecule has 0 radical (unpaired) electrons. The van der Waals surface area contributed by atoms with E-state index in [1.165, 1.54) is 6.07 Å². The highest BCUT2D eigenvalue weighted by atomic mass is 35.5. The van der Waals surface area contributed by atoms with Crippen molar-refractivity contribution in [3.8, 4) is 0 Å². The first-order valence-electron chi connectivity index (χ1n) is 4.93. The Labute approximate surface area is 103 Å². The van der Waals surface area contributed by atoms with E-state index in [9.17, 15) is 14.0 Å². The number of benzene rings is 1. The van der Waals surface area contributed by atoms with Crippen LogP contribution in [0.1, 0.15) is 13.3 Å². The predicted octanol–water partition coefficient (Wildman–Crippen LogP) is 2.37. The van der Waals surface area contributed by atoms with Gasteiger partial charge >= 0.3 is 5.97 Å². The SMILES string of the molecule is CCOC(=O)CC(=O)Nc1ccc(F)cc1Cl.